The number of aliphatic imine (C=N–C) groups is 1. The number of nitrogens with zero attached hydrogens (tertiary/aromatic N) is 3. The van der Waals surface area contributed by atoms with Crippen LogP contribution in [-0.4, -0.2) is 42.0 Å². The van der Waals surface area contributed by atoms with E-state index in [2.05, 4.69) is 67.5 Å². The van der Waals surface area contributed by atoms with Gasteiger partial charge >= 0.3 is 0 Å². The van der Waals surface area contributed by atoms with Crippen molar-refractivity contribution in [3.63, 3.8) is 0 Å². The van der Waals surface area contributed by atoms with Crippen LogP contribution in [0.25, 0.3) is 0 Å². The molecule has 0 fully saturated rings. The van der Waals surface area contributed by atoms with E-state index in [9.17, 15) is 0 Å². The predicted molar refractivity (Wildman–Crippen MR) is 121 cm³/mol. The van der Waals surface area contributed by atoms with E-state index in [0.717, 1.165) is 43.4 Å². The first-order valence-corrected chi connectivity index (χ1v) is 10.5. The summed E-state index contributed by atoms with van der Waals surface area (Å²) in [6.07, 6.45) is 1.85. The van der Waals surface area contributed by atoms with Gasteiger partial charge in [0.25, 0.3) is 0 Å². The monoisotopic (exact) mass is 399 g/mol. The van der Waals surface area contributed by atoms with E-state index in [4.69, 9.17) is 4.74 Å². The molecule has 2 N–H and O–H groups in total. The lowest BCUT2D eigenvalue weighted by Crippen LogP contribution is -2.43. The second-order valence-electron chi connectivity index (χ2n) is 8.12. The molecular weight excluding hydrogens is 362 g/mol. The molecule has 0 amide bonds. The lowest BCUT2D eigenvalue weighted by atomic mass is 10.1. The van der Waals surface area contributed by atoms with Crippen molar-refractivity contribution in [3.8, 4) is 5.75 Å². The highest BCUT2D eigenvalue weighted by molar-refractivity contribution is 5.79. The SMILES string of the molecule is CN=C(NCCc1ccc(OCC(C)C)cc1)NC(C)Cc1c(C)nn(C)c1C. The molecule has 0 saturated carbocycles. The maximum Gasteiger partial charge on any atom is 0.191 e. The molecule has 0 aliphatic carbocycles. The molecular formula is C23H37N5O. The molecule has 29 heavy (non-hydrogen) atoms. The van der Waals surface area contributed by atoms with Crippen molar-refractivity contribution in [2.24, 2.45) is 18.0 Å². The Morgan fingerprint density at radius 1 is 1.17 bits per heavy atom. The van der Waals surface area contributed by atoms with Crippen LogP contribution in [0, 0.1) is 19.8 Å². The number of aryl methyl sites for hydroxylation is 2. The minimum absolute atomic E-state index is 0.264. The third-order valence-electron chi connectivity index (χ3n) is 4.99. The van der Waals surface area contributed by atoms with Gasteiger partial charge in [-0.3, -0.25) is 9.67 Å². The Morgan fingerprint density at radius 2 is 1.86 bits per heavy atom. The fraction of sp³-hybridized carbons (Fsp3) is 0.565. The number of rotatable bonds is 9. The largest absolute Gasteiger partial charge is 0.493 e. The first kappa shape index (κ1) is 22.8. The molecule has 0 radical (unpaired) electrons. The van der Waals surface area contributed by atoms with Crippen LogP contribution in [0.2, 0.25) is 0 Å². The van der Waals surface area contributed by atoms with Crippen molar-refractivity contribution >= 4 is 5.96 Å². The van der Waals surface area contributed by atoms with Crippen LogP contribution in [0.1, 0.15) is 43.3 Å². The molecule has 0 bridgehead atoms. The summed E-state index contributed by atoms with van der Waals surface area (Å²) in [5.74, 6) is 2.29. The van der Waals surface area contributed by atoms with E-state index >= 15 is 0 Å². The van der Waals surface area contributed by atoms with Crippen molar-refractivity contribution < 1.29 is 4.74 Å². The molecule has 6 heteroatoms. The summed E-state index contributed by atoms with van der Waals surface area (Å²) in [4.78, 5) is 4.36. The van der Waals surface area contributed by atoms with Gasteiger partial charge in [0.1, 0.15) is 5.75 Å². The zero-order valence-electron chi connectivity index (χ0n) is 19.0. The van der Waals surface area contributed by atoms with Crippen LogP contribution >= 0.6 is 0 Å². The lowest BCUT2D eigenvalue weighted by molar-refractivity contribution is 0.271. The predicted octanol–water partition coefficient (Wildman–Crippen LogP) is 3.41. The lowest BCUT2D eigenvalue weighted by Gasteiger charge is -2.18. The average Bonchev–Trinajstić information content (AvgIpc) is 2.92. The maximum atomic E-state index is 5.74. The number of benzene rings is 1. The van der Waals surface area contributed by atoms with E-state index in [1.807, 2.05) is 30.9 Å². The molecule has 1 aromatic heterocycles. The van der Waals surface area contributed by atoms with Gasteiger partial charge in [-0.05, 0) is 62.8 Å². The fourth-order valence-corrected chi connectivity index (χ4v) is 3.24. The van der Waals surface area contributed by atoms with Gasteiger partial charge in [0.15, 0.2) is 5.96 Å². The average molecular weight is 400 g/mol. The van der Waals surface area contributed by atoms with Crippen LogP contribution < -0.4 is 15.4 Å². The summed E-state index contributed by atoms with van der Waals surface area (Å²) in [5, 5.41) is 11.4. The Morgan fingerprint density at radius 3 is 2.41 bits per heavy atom. The summed E-state index contributed by atoms with van der Waals surface area (Å²) in [5.41, 5.74) is 4.91. The van der Waals surface area contributed by atoms with E-state index in [1.54, 1.807) is 0 Å². The molecule has 1 unspecified atom stereocenters. The normalized spacial score (nSPS) is 12.9. The van der Waals surface area contributed by atoms with E-state index in [1.165, 1.54) is 16.8 Å². The maximum absolute atomic E-state index is 5.74. The molecule has 1 atom stereocenters. The Bertz CT molecular complexity index is 792. The Labute approximate surface area is 175 Å². The molecule has 0 aliphatic heterocycles. The minimum Gasteiger partial charge on any atom is -0.493 e. The molecule has 1 heterocycles. The highest BCUT2D eigenvalue weighted by Crippen LogP contribution is 2.15. The standard InChI is InChI=1S/C23H37N5O/c1-16(2)15-29-21-10-8-20(9-11-21)12-13-25-23(24-6)26-17(3)14-22-18(4)27-28(7)19(22)5/h8-11,16-17H,12-15H2,1-7H3,(H2,24,25,26). The van der Waals surface area contributed by atoms with Crippen LogP contribution in [0.5, 0.6) is 5.75 Å². The van der Waals surface area contributed by atoms with E-state index in [0.29, 0.717) is 5.92 Å². The van der Waals surface area contributed by atoms with Crippen molar-refractivity contribution in [1.29, 1.82) is 0 Å². The number of hydrogen-bond donors (Lipinski definition) is 2. The van der Waals surface area contributed by atoms with Crippen molar-refractivity contribution in [2.75, 3.05) is 20.2 Å². The number of nitrogens with one attached hydrogen (secondary N) is 2. The van der Waals surface area contributed by atoms with Crippen LogP contribution in [0.3, 0.4) is 0 Å². The highest BCUT2D eigenvalue weighted by Gasteiger charge is 2.14. The summed E-state index contributed by atoms with van der Waals surface area (Å²) in [6, 6.07) is 8.62. The van der Waals surface area contributed by atoms with Crippen LogP contribution in [-0.2, 0) is 19.9 Å². The summed E-state index contributed by atoms with van der Waals surface area (Å²) >= 11 is 0. The van der Waals surface area contributed by atoms with Crippen LogP contribution in [0.15, 0.2) is 29.3 Å². The zero-order valence-corrected chi connectivity index (χ0v) is 19.0. The molecule has 6 nitrogen and oxygen atoms in total. The van der Waals surface area contributed by atoms with Crippen molar-refractivity contribution in [1.82, 2.24) is 20.4 Å². The number of ether oxygens (including phenoxy) is 1. The molecule has 160 valence electrons. The first-order chi connectivity index (χ1) is 13.8. The summed E-state index contributed by atoms with van der Waals surface area (Å²) < 4.78 is 7.69. The first-order valence-electron chi connectivity index (χ1n) is 10.5. The molecule has 0 saturated heterocycles. The van der Waals surface area contributed by atoms with Gasteiger partial charge in [0.05, 0.1) is 12.3 Å². The third kappa shape index (κ3) is 7.11. The summed E-state index contributed by atoms with van der Waals surface area (Å²) in [6.45, 7) is 12.2. The van der Waals surface area contributed by atoms with Crippen LogP contribution in [0.4, 0.5) is 0 Å². The van der Waals surface area contributed by atoms with Gasteiger partial charge < -0.3 is 15.4 Å². The van der Waals surface area contributed by atoms with Crippen molar-refractivity contribution in [2.45, 2.75) is 53.5 Å². The fourth-order valence-electron chi connectivity index (χ4n) is 3.24. The van der Waals surface area contributed by atoms with Gasteiger partial charge in [-0.2, -0.15) is 5.10 Å². The molecule has 2 rings (SSSR count). The highest BCUT2D eigenvalue weighted by atomic mass is 16.5. The van der Waals surface area contributed by atoms with Crippen molar-refractivity contribution in [3.05, 3.63) is 46.8 Å². The van der Waals surface area contributed by atoms with Gasteiger partial charge in [0.2, 0.25) is 0 Å². The topological polar surface area (TPSA) is 63.5 Å². The van der Waals surface area contributed by atoms with E-state index in [-0.39, 0.29) is 6.04 Å². The summed E-state index contributed by atoms with van der Waals surface area (Å²) in [7, 11) is 3.80. The second-order valence-corrected chi connectivity index (χ2v) is 8.12. The zero-order chi connectivity index (χ0) is 21.4. The molecule has 0 spiro atoms. The quantitative estimate of drug-likeness (QED) is 0.501. The molecule has 2 aromatic rings. The van der Waals surface area contributed by atoms with Gasteiger partial charge in [-0.25, -0.2) is 0 Å². The number of guanidine groups is 1. The Balaban J connectivity index is 1.78. The Hall–Kier alpha value is -2.50. The number of hydrogen-bond acceptors (Lipinski definition) is 3. The minimum atomic E-state index is 0.264. The molecule has 0 aliphatic rings. The third-order valence-corrected chi connectivity index (χ3v) is 4.99. The second kappa shape index (κ2) is 10.9. The van der Waals surface area contributed by atoms with Gasteiger partial charge in [0, 0.05) is 32.4 Å². The Kier molecular flexibility index (Phi) is 8.55. The smallest absolute Gasteiger partial charge is 0.191 e. The van der Waals surface area contributed by atoms with Gasteiger partial charge in [-0.15, -0.1) is 0 Å². The van der Waals surface area contributed by atoms with E-state index < -0.39 is 0 Å². The molecule has 1 aromatic carbocycles. The number of aromatic nitrogens is 2. The van der Waals surface area contributed by atoms with Gasteiger partial charge in [-0.1, -0.05) is 26.0 Å².